The number of H-pyrrole nitrogens is 2. The zero-order valence-electron chi connectivity index (χ0n) is 21.5. The summed E-state index contributed by atoms with van der Waals surface area (Å²) in [5.41, 5.74) is 0. The van der Waals surface area contributed by atoms with Crippen molar-refractivity contribution in [3.63, 3.8) is 0 Å². The summed E-state index contributed by atoms with van der Waals surface area (Å²) < 4.78 is 0. The zero-order valence-corrected chi connectivity index (χ0v) is 22.6. The zero-order chi connectivity index (χ0) is 26.2. The fraction of sp³-hybridized carbons (Fsp3) is 0. The van der Waals surface area contributed by atoms with Crippen LogP contribution in [0.5, 0.6) is 0 Å². The summed E-state index contributed by atoms with van der Waals surface area (Å²) in [6.45, 7) is 0. The second-order valence-electron chi connectivity index (χ2n) is 10.1. The van der Waals surface area contributed by atoms with Crippen LogP contribution < -0.4 is 31.2 Å². The Labute approximate surface area is 244 Å². The molecule has 8 nitrogen and oxygen atoms in total. The van der Waals surface area contributed by atoms with Gasteiger partial charge in [0.25, 0.3) is 0 Å². The van der Waals surface area contributed by atoms with Gasteiger partial charge in [0.2, 0.25) is 0 Å². The molecule has 0 fully saturated rings. The minimum absolute atomic E-state index is 0. The Bertz CT molecular complexity index is 1780. The van der Waals surface area contributed by atoms with Crippen molar-refractivity contribution < 1.29 is 17.1 Å². The SMILES string of the molecule is [Fe+2].c1ccc2c3[n-]c(c2c1)Nc1[nH]c(c2ccccc12)Nc1[n-]c(c2ccccc12)Nc1[nH]c(c2ccccc12)N3. The number of hydrogen-bond donors (Lipinski definition) is 6. The van der Waals surface area contributed by atoms with Crippen molar-refractivity contribution in [2.24, 2.45) is 0 Å². The third-order valence-corrected chi connectivity index (χ3v) is 7.73. The quantitative estimate of drug-likeness (QED) is 0.102. The molecule has 0 saturated carbocycles. The van der Waals surface area contributed by atoms with Gasteiger partial charge in [0.05, 0.1) is 23.3 Å². The van der Waals surface area contributed by atoms with Crippen LogP contribution in [0.3, 0.4) is 0 Å². The molecule has 8 bridgehead atoms. The minimum atomic E-state index is 0. The van der Waals surface area contributed by atoms with E-state index in [1.807, 2.05) is 48.5 Å². The van der Waals surface area contributed by atoms with E-state index in [4.69, 9.17) is 9.97 Å². The van der Waals surface area contributed by atoms with Gasteiger partial charge < -0.3 is 41.2 Å². The summed E-state index contributed by atoms with van der Waals surface area (Å²) in [4.78, 5) is 17.2. The number of anilines is 8. The maximum atomic E-state index is 5.04. The molecule has 0 amide bonds. The summed E-state index contributed by atoms with van der Waals surface area (Å²) in [6.07, 6.45) is 0. The molecule has 0 aliphatic carbocycles. The first-order valence-electron chi connectivity index (χ1n) is 13.2. The normalized spacial score (nSPS) is 12.5. The molecule has 0 atom stereocenters. The number of aromatic nitrogens is 4. The van der Waals surface area contributed by atoms with E-state index in [0.29, 0.717) is 0 Å². The van der Waals surface area contributed by atoms with E-state index < -0.39 is 0 Å². The minimum Gasteiger partial charge on any atom is -0.400 e. The van der Waals surface area contributed by atoms with Gasteiger partial charge in [0.1, 0.15) is 0 Å². The molecule has 4 aromatic heterocycles. The Kier molecular flexibility index (Phi) is 5.12. The average Bonchev–Trinajstić information content (AvgIpc) is 3.73. The first kappa shape index (κ1) is 23.6. The van der Waals surface area contributed by atoms with E-state index in [1.165, 1.54) is 0 Å². The van der Waals surface area contributed by atoms with Gasteiger partial charge in [-0.1, -0.05) is 97.1 Å². The second kappa shape index (κ2) is 8.89. The van der Waals surface area contributed by atoms with E-state index in [1.54, 1.807) is 0 Å². The number of aromatic amines is 2. The Morgan fingerprint density at radius 1 is 0.317 bits per heavy atom. The maximum Gasteiger partial charge on any atom is 2.00 e. The first-order chi connectivity index (χ1) is 19.8. The largest absolute Gasteiger partial charge is 2.00 e. The molecule has 9 rings (SSSR count). The monoisotopic (exact) mass is 574 g/mol. The van der Waals surface area contributed by atoms with Crippen LogP contribution in [0.2, 0.25) is 0 Å². The van der Waals surface area contributed by atoms with E-state index in [2.05, 4.69) is 79.8 Å². The molecule has 0 saturated heterocycles. The van der Waals surface area contributed by atoms with Crippen LogP contribution in [0.15, 0.2) is 97.1 Å². The Morgan fingerprint density at radius 2 is 0.537 bits per heavy atom. The predicted molar refractivity (Wildman–Crippen MR) is 164 cm³/mol. The van der Waals surface area contributed by atoms with E-state index in [9.17, 15) is 0 Å². The third-order valence-electron chi connectivity index (χ3n) is 7.73. The number of fused-ring (bicyclic) bond motifs is 20. The van der Waals surface area contributed by atoms with Gasteiger partial charge in [-0.25, -0.2) is 0 Å². The summed E-state index contributed by atoms with van der Waals surface area (Å²) >= 11 is 0. The molecule has 0 unspecified atom stereocenters. The molecule has 5 heterocycles. The summed E-state index contributed by atoms with van der Waals surface area (Å²) in [5.74, 6) is 6.55. The van der Waals surface area contributed by atoms with Gasteiger partial charge in [-0.05, 0) is 21.5 Å². The molecule has 6 N–H and O–H groups in total. The van der Waals surface area contributed by atoms with Crippen molar-refractivity contribution in [3.05, 3.63) is 97.1 Å². The van der Waals surface area contributed by atoms with Gasteiger partial charge in [0.15, 0.2) is 0 Å². The summed E-state index contributed by atoms with van der Waals surface area (Å²) in [5, 5.41) is 22.8. The Morgan fingerprint density at radius 3 is 0.780 bits per heavy atom. The van der Waals surface area contributed by atoms with Crippen LogP contribution in [0.1, 0.15) is 0 Å². The predicted octanol–water partition coefficient (Wildman–Crippen LogP) is 8.16. The van der Waals surface area contributed by atoms with E-state index in [-0.39, 0.29) is 17.1 Å². The molecule has 198 valence electrons. The molecular weight excluding hydrogens is 552 g/mol. The fourth-order valence-electron chi connectivity index (χ4n) is 5.86. The van der Waals surface area contributed by atoms with Crippen LogP contribution in [0.4, 0.5) is 46.5 Å². The fourth-order valence-corrected chi connectivity index (χ4v) is 5.86. The molecule has 1 aliphatic rings. The van der Waals surface area contributed by atoms with Gasteiger partial charge in [-0.15, -0.1) is 0 Å². The van der Waals surface area contributed by atoms with Crippen molar-refractivity contribution in [2.45, 2.75) is 0 Å². The average molecular weight is 574 g/mol. The number of hydrogen-bond acceptors (Lipinski definition) is 4. The number of benzene rings is 4. The molecule has 0 spiro atoms. The molecule has 0 radical (unpaired) electrons. The Balaban J connectivity index is 0.00000256. The van der Waals surface area contributed by atoms with Gasteiger partial charge in [-0.3, -0.25) is 0 Å². The van der Waals surface area contributed by atoms with Crippen molar-refractivity contribution in [1.82, 2.24) is 19.9 Å². The summed E-state index contributed by atoms with van der Waals surface area (Å²) in [7, 11) is 0. The molecule has 9 heteroatoms. The third kappa shape index (κ3) is 3.53. The second-order valence-corrected chi connectivity index (χ2v) is 10.1. The molecular formula is C32H22FeN8. The topological polar surface area (TPSA) is 108 Å². The van der Waals surface area contributed by atoms with E-state index in [0.717, 1.165) is 89.6 Å². The summed E-state index contributed by atoms with van der Waals surface area (Å²) in [6, 6.07) is 33.1. The van der Waals surface area contributed by atoms with Crippen molar-refractivity contribution >= 4 is 89.6 Å². The van der Waals surface area contributed by atoms with Crippen LogP contribution in [-0.4, -0.2) is 9.97 Å². The van der Waals surface area contributed by atoms with E-state index >= 15 is 0 Å². The molecule has 41 heavy (non-hydrogen) atoms. The first-order valence-corrected chi connectivity index (χ1v) is 13.2. The van der Waals surface area contributed by atoms with Gasteiger partial charge in [-0.2, -0.15) is 0 Å². The van der Waals surface area contributed by atoms with Crippen molar-refractivity contribution in [3.8, 4) is 0 Å². The number of nitrogens with zero attached hydrogens (tertiary/aromatic N) is 2. The van der Waals surface area contributed by atoms with Crippen molar-refractivity contribution in [1.29, 1.82) is 0 Å². The number of nitrogens with one attached hydrogen (secondary N) is 6. The van der Waals surface area contributed by atoms with Crippen LogP contribution >= 0.6 is 0 Å². The molecule has 1 aliphatic heterocycles. The molecule has 4 aromatic carbocycles. The van der Waals surface area contributed by atoms with Crippen molar-refractivity contribution in [2.75, 3.05) is 21.3 Å². The standard InChI is InChI=1S/C32H22N8.Fe/c1-2-10-18-17(9-1)25-33-26(18)38-28-21-13-5-6-14-22(21)30(35-28)40-32-24-16-8-7-15-23(24)31(36-32)39-29-20-12-4-3-11-19(20)27(34-29)37-25;/h1-16,33,36-40H;/q-2;+2. The van der Waals surface area contributed by atoms with Crippen LogP contribution in [-0.2, 0) is 17.1 Å². The van der Waals surface area contributed by atoms with Gasteiger partial charge >= 0.3 is 17.1 Å². The smallest absolute Gasteiger partial charge is 0.400 e. The van der Waals surface area contributed by atoms with Crippen LogP contribution in [0.25, 0.3) is 43.1 Å². The Hall–Kier alpha value is -5.24. The van der Waals surface area contributed by atoms with Crippen LogP contribution in [0, 0.1) is 0 Å². The van der Waals surface area contributed by atoms with Gasteiger partial charge in [0, 0.05) is 44.8 Å². The number of rotatable bonds is 0. The maximum absolute atomic E-state index is 5.04. The molecule has 8 aromatic rings.